The van der Waals surface area contributed by atoms with Crippen LogP contribution in [-0.4, -0.2) is 19.3 Å². The minimum atomic E-state index is 0.283. The van der Waals surface area contributed by atoms with Crippen LogP contribution >= 0.6 is 11.3 Å². The summed E-state index contributed by atoms with van der Waals surface area (Å²) in [6, 6.07) is 2.54. The lowest BCUT2D eigenvalue weighted by Crippen LogP contribution is -2.33. The number of hydrogen-bond acceptors (Lipinski definition) is 3. The molecule has 0 bridgehead atoms. The molecule has 1 heterocycles. The molecule has 1 N–H and O–H groups in total. The second-order valence-corrected chi connectivity index (χ2v) is 4.67. The molecule has 1 rings (SSSR count). The third-order valence-electron chi connectivity index (χ3n) is 2.67. The third kappa shape index (κ3) is 3.89. The van der Waals surface area contributed by atoms with Crippen LogP contribution < -0.4 is 5.32 Å². The van der Waals surface area contributed by atoms with Crippen molar-refractivity contribution in [3.63, 3.8) is 0 Å². The molecule has 0 radical (unpaired) electrons. The van der Waals surface area contributed by atoms with E-state index in [4.69, 9.17) is 4.74 Å². The van der Waals surface area contributed by atoms with E-state index < -0.39 is 0 Å². The summed E-state index contributed by atoms with van der Waals surface area (Å²) in [6.45, 7) is 8.27. The Morgan fingerprint density at radius 1 is 1.38 bits per heavy atom. The molecule has 0 aliphatic carbocycles. The van der Waals surface area contributed by atoms with Gasteiger partial charge in [0.1, 0.15) is 0 Å². The molecule has 0 aromatic carbocycles. The number of ether oxygens (including phenoxy) is 1. The highest BCUT2D eigenvalue weighted by Crippen LogP contribution is 2.23. The predicted molar refractivity (Wildman–Crippen MR) is 71.1 cm³/mol. The van der Waals surface area contributed by atoms with Crippen LogP contribution in [0.5, 0.6) is 0 Å². The summed E-state index contributed by atoms with van der Waals surface area (Å²) >= 11 is 1.75. The Morgan fingerprint density at radius 2 is 2.19 bits per heavy atom. The summed E-state index contributed by atoms with van der Waals surface area (Å²) in [6.07, 6.45) is 2.49. The summed E-state index contributed by atoms with van der Waals surface area (Å²) in [5.74, 6) is 0. The zero-order chi connectivity index (χ0) is 11.8. The van der Waals surface area contributed by atoms with Crippen LogP contribution in [0.3, 0.4) is 0 Å². The van der Waals surface area contributed by atoms with Crippen LogP contribution in [0.25, 0.3) is 0 Å². The van der Waals surface area contributed by atoms with Crippen LogP contribution in [-0.2, 0) is 4.74 Å². The highest BCUT2D eigenvalue weighted by atomic mass is 32.1. The summed E-state index contributed by atoms with van der Waals surface area (Å²) in [7, 11) is 0. The van der Waals surface area contributed by atoms with E-state index in [0.717, 1.165) is 26.0 Å². The monoisotopic (exact) mass is 241 g/mol. The maximum Gasteiger partial charge on any atom is 0.0767 e. The van der Waals surface area contributed by atoms with Crippen LogP contribution in [0.1, 0.15) is 45.2 Å². The van der Waals surface area contributed by atoms with Gasteiger partial charge in [0.2, 0.25) is 0 Å². The maximum absolute atomic E-state index is 5.82. The van der Waals surface area contributed by atoms with E-state index in [0.29, 0.717) is 6.04 Å². The van der Waals surface area contributed by atoms with E-state index in [-0.39, 0.29) is 6.10 Å². The molecule has 2 atom stereocenters. The van der Waals surface area contributed by atoms with E-state index in [1.54, 1.807) is 11.3 Å². The molecular formula is C13H23NOS. The van der Waals surface area contributed by atoms with E-state index in [1.807, 2.05) is 0 Å². The molecular weight excluding hydrogens is 218 g/mol. The van der Waals surface area contributed by atoms with Crippen molar-refractivity contribution in [3.05, 3.63) is 22.4 Å². The van der Waals surface area contributed by atoms with Gasteiger partial charge in [-0.15, -0.1) is 0 Å². The highest BCUT2D eigenvalue weighted by Gasteiger charge is 2.21. The lowest BCUT2D eigenvalue weighted by atomic mass is 10.0. The molecule has 0 spiro atoms. The summed E-state index contributed by atoms with van der Waals surface area (Å²) in [5.41, 5.74) is 1.36. The normalized spacial score (nSPS) is 14.9. The first-order valence-electron chi connectivity index (χ1n) is 6.20. The first-order chi connectivity index (χ1) is 7.83. The molecule has 0 saturated heterocycles. The molecule has 2 nitrogen and oxygen atoms in total. The smallest absolute Gasteiger partial charge is 0.0767 e. The quantitative estimate of drug-likeness (QED) is 0.751. The molecule has 0 fully saturated rings. The molecule has 0 amide bonds. The zero-order valence-corrected chi connectivity index (χ0v) is 11.3. The fourth-order valence-corrected chi connectivity index (χ4v) is 2.58. The van der Waals surface area contributed by atoms with Gasteiger partial charge in [0.25, 0.3) is 0 Å². The summed E-state index contributed by atoms with van der Waals surface area (Å²) < 4.78 is 5.82. The van der Waals surface area contributed by atoms with Gasteiger partial charge < -0.3 is 10.1 Å². The molecule has 16 heavy (non-hydrogen) atoms. The number of nitrogens with one attached hydrogen (secondary N) is 1. The Kier molecular flexibility index (Phi) is 6.69. The van der Waals surface area contributed by atoms with Crippen LogP contribution in [0.4, 0.5) is 0 Å². The molecule has 3 heteroatoms. The average Bonchev–Trinajstić information content (AvgIpc) is 2.81. The lowest BCUT2D eigenvalue weighted by molar-refractivity contribution is 0.0315. The second kappa shape index (κ2) is 7.82. The molecule has 0 saturated carbocycles. The second-order valence-electron chi connectivity index (χ2n) is 3.89. The van der Waals surface area contributed by atoms with Crippen LogP contribution in [0, 0.1) is 0 Å². The van der Waals surface area contributed by atoms with Crippen molar-refractivity contribution < 1.29 is 4.74 Å². The van der Waals surface area contributed by atoms with Gasteiger partial charge in [-0.2, -0.15) is 11.3 Å². The minimum Gasteiger partial charge on any atom is -0.377 e. The van der Waals surface area contributed by atoms with E-state index in [1.165, 1.54) is 5.56 Å². The Morgan fingerprint density at radius 3 is 2.69 bits per heavy atom. The number of thiophene rings is 1. The first-order valence-corrected chi connectivity index (χ1v) is 7.14. The highest BCUT2D eigenvalue weighted by molar-refractivity contribution is 7.07. The molecule has 92 valence electrons. The van der Waals surface area contributed by atoms with E-state index in [9.17, 15) is 0 Å². The number of rotatable bonds is 8. The van der Waals surface area contributed by atoms with Crippen molar-refractivity contribution in [1.82, 2.24) is 5.32 Å². The van der Waals surface area contributed by atoms with Crippen molar-refractivity contribution in [2.75, 3.05) is 13.2 Å². The van der Waals surface area contributed by atoms with Gasteiger partial charge in [-0.05, 0) is 48.7 Å². The fourth-order valence-electron chi connectivity index (χ4n) is 1.88. The molecule has 1 aromatic heterocycles. The standard InChI is InChI=1S/C13H23NOS/c1-4-8-14-13(11-7-9-16-10-11)12(5-2)15-6-3/h7,9-10,12-14H,4-6,8H2,1-3H3. The van der Waals surface area contributed by atoms with Gasteiger partial charge >= 0.3 is 0 Å². The molecule has 0 aliphatic heterocycles. The Bertz CT molecular complexity index is 261. The van der Waals surface area contributed by atoms with Crippen molar-refractivity contribution in [3.8, 4) is 0 Å². The van der Waals surface area contributed by atoms with Gasteiger partial charge in [0.15, 0.2) is 0 Å². The number of hydrogen-bond donors (Lipinski definition) is 1. The van der Waals surface area contributed by atoms with Crippen molar-refractivity contribution in [2.24, 2.45) is 0 Å². The average molecular weight is 241 g/mol. The van der Waals surface area contributed by atoms with Gasteiger partial charge in [-0.1, -0.05) is 13.8 Å². The lowest BCUT2D eigenvalue weighted by Gasteiger charge is -2.26. The van der Waals surface area contributed by atoms with Gasteiger partial charge in [0.05, 0.1) is 12.1 Å². The minimum absolute atomic E-state index is 0.283. The van der Waals surface area contributed by atoms with Crippen LogP contribution in [0.2, 0.25) is 0 Å². The van der Waals surface area contributed by atoms with E-state index >= 15 is 0 Å². The molecule has 1 aromatic rings. The fraction of sp³-hybridized carbons (Fsp3) is 0.692. The van der Waals surface area contributed by atoms with Gasteiger partial charge in [-0.3, -0.25) is 0 Å². The molecule has 0 aliphatic rings. The topological polar surface area (TPSA) is 21.3 Å². The Labute approximate surface area is 103 Å². The largest absolute Gasteiger partial charge is 0.377 e. The predicted octanol–water partition coefficient (Wildman–Crippen LogP) is 3.60. The molecule has 2 unspecified atom stereocenters. The van der Waals surface area contributed by atoms with E-state index in [2.05, 4.69) is 42.9 Å². The van der Waals surface area contributed by atoms with Crippen molar-refractivity contribution in [1.29, 1.82) is 0 Å². The van der Waals surface area contributed by atoms with Gasteiger partial charge in [0, 0.05) is 6.61 Å². The zero-order valence-electron chi connectivity index (χ0n) is 10.5. The van der Waals surface area contributed by atoms with Gasteiger partial charge in [-0.25, -0.2) is 0 Å². The Balaban J connectivity index is 2.68. The van der Waals surface area contributed by atoms with Crippen molar-refractivity contribution in [2.45, 2.75) is 45.8 Å². The van der Waals surface area contributed by atoms with Crippen molar-refractivity contribution >= 4 is 11.3 Å². The summed E-state index contributed by atoms with van der Waals surface area (Å²) in [5, 5.41) is 7.94. The maximum atomic E-state index is 5.82. The Hall–Kier alpha value is -0.380. The van der Waals surface area contributed by atoms with Crippen LogP contribution in [0.15, 0.2) is 16.8 Å². The SMILES string of the molecule is CCCNC(c1ccsc1)C(CC)OCC. The first kappa shape index (κ1) is 13.7. The summed E-state index contributed by atoms with van der Waals surface area (Å²) in [4.78, 5) is 0. The third-order valence-corrected chi connectivity index (χ3v) is 3.37.